The van der Waals surface area contributed by atoms with Crippen molar-refractivity contribution in [1.82, 2.24) is 16.0 Å². The van der Waals surface area contributed by atoms with Gasteiger partial charge in [0.15, 0.2) is 0 Å². The molecule has 0 aliphatic heterocycles. The molecule has 0 saturated heterocycles. The summed E-state index contributed by atoms with van der Waals surface area (Å²) >= 11 is 0. The summed E-state index contributed by atoms with van der Waals surface area (Å²) in [5.41, 5.74) is 5.16. The summed E-state index contributed by atoms with van der Waals surface area (Å²) in [7, 11) is 1.18. The maximum atomic E-state index is 13.4. The van der Waals surface area contributed by atoms with Gasteiger partial charge in [0.2, 0.25) is 11.8 Å². The minimum atomic E-state index is -1.12. The van der Waals surface area contributed by atoms with E-state index in [1.54, 1.807) is 84.9 Å². The van der Waals surface area contributed by atoms with Crippen LogP contribution >= 0.6 is 0 Å². The molecule has 0 heterocycles. The highest BCUT2D eigenvalue weighted by atomic mass is 16.6. The Kier molecular flexibility index (Phi) is 21.6. The number of esters is 5. The molecular weight excluding hydrogens is 881 g/mol. The number of hydrogen-bond donors (Lipinski definition) is 4. The van der Waals surface area contributed by atoms with Crippen LogP contribution in [0, 0.1) is 11.3 Å². The Bertz CT molecular complexity index is 2140. The zero-order valence-corrected chi connectivity index (χ0v) is 41.5. The van der Waals surface area contributed by atoms with Crippen LogP contribution in [0.3, 0.4) is 0 Å². The molecule has 0 bridgehead atoms. The van der Waals surface area contributed by atoms with E-state index in [2.05, 4.69) is 33.8 Å². The first kappa shape index (κ1) is 57.6. The Labute approximate surface area is 399 Å². The lowest BCUT2D eigenvalue weighted by molar-refractivity contribution is -0.151. The predicted octanol–water partition coefficient (Wildman–Crippen LogP) is 5.52. The standard InChI is InChI=1S/C50H70N4O14/c1-29(2)41(53-47(62)68-48(7,8)9)43(58)52-38(46(61)65-30(3)4)28-34-17-21-36(22-18-34)67-40(56)26-32(6)45(60)64-24-23-49(10,11)50(12,13)54-42(57)37(51)27-33-15-19-35(20-16-33)66-39(55)25-31(5)44(59)63-14/h15-22,29-30,37-38,41H,5-6,23-28,51H2,1-4,7-14H3,(H,52,58)(H,53,62)(H,54,57). The Morgan fingerprint density at radius 3 is 1.62 bits per heavy atom. The summed E-state index contributed by atoms with van der Waals surface area (Å²) in [6.45, 7) is 26.5. The molecule has 0 radical (unpaired) electrons. The van der Waals surface area contributed by atoms with E-state index in [1.807, 2.05) is 27.7 Å². The SMILES string of the molecule is C=C(CC(=O)Oc1ccc(CC(N)C(=O)NC(C)(C)C(C)(C)CCOC(=O)C(=C)CC(=O)Oc2ccc(CC(NC(=O)C(NC(=O)OC(C)(C)C)C(C)C)C(=O)OC(C)C)cc2)cc1)C(=O)OC. The molecule has 18 nitrogen and oxygen atoms in total. The minimum Gasteiger partial charge on any atom is -0.466 e. The summed E-state index contributed by atoms with van der Waals surface area (Å²) < 4.78 is 31.3. The summed E-state index contributed by atoms with van der Waals surface area (Å²) in [5.74, 6) is -4.64. The summed E-state index contributed by atoms with van der Waals surface area (Å²) in [4.78, 5) is 101. The molecule has 18 heteroatoms. The summed E-state index contributed by atoms with van der Waals surface area (Å²) in [6.07, 6.45) is -1.54. The van der Waals surface area contributed by atoms with Crippen molar-refractivity contribution in [2.24, 2.45) is 17.1 Å². The van der Waals surface area contributed by atoms with Crippen LogP contribution in [0.1, 0.15) is 107 Å². The average molecular weight is 951 g/mol. The predicted molar refractivity (Wildman–Crippen MR) is 252 cm³/mol. The van der Waals surface area contributed by atoms with Gasteiger partial charge >= 0.3 is 35.9 Å². The Balaban J connectivity index is 1.91. The molecule has 3 atom stereocenters. The quantitative estimate of drug-likeness (QED) is 0.0438. The molecule has 0 aliphatic carbocycles. The summed E-state index contributed by atoms with van der Waals surface area (Å²) in [5, 5.41) is 8.26. The van der Waals surface area contributed by atoms with Crippen LogP contribution in [-0.2, 0) is 65.4 Å². The molecule has 0 fully saturated rings. The molecule has 3 amide bonds. The number of ether oxygens (including phenoxy) is 6. The van der Waals surface area contributed by atoms with Gasteiger partial charge in [0.25, 0.3) is 0 Å². The molecule has 0 saturated carbocycles. The van der Waals surface area contributed by atoms with Crippen LogP contribution in [0.5, 0.6) is 11.5 Å². The monoisotopic (exact) mass is 950 g/mol. The van der Waals surface area contributed by atoms with Crippen LogP contribution < -0.4 is 31.2 Å². The molecule has 0 aliphatic rings. The van der Waals surface area contributed by atoms with Gasteiger partial charge < -0.3 is 50.1 Å². The van der Waals surface area contributed by atoms with Crippen molar-refractivity contribution < 1.29 is 66.8 Å². The maximum Gasteiger partial charge on any atom is 0.408 e. The van der Waals surface area contributed by atoms with Crippen LogP contribution in [0.15, 0.2) is 72.8 Å². The number of nitrogens with two attached hydrogens (primary N) is 1. The number of carbonyl (C=O) groups is 8. The second-order valence-corrected chi connectivity index (χ2v) is 19.1. The van der Waals surface area contributed by atoms with Gasteiger partial charge in [-0.05, 0) is 108 Å². The van der Waals surface area contributed by atoms with Crippen molar-refractivity contribution in [3.05, 3.63) is 84.0 Å². The molecule has 374 valence electrons. The number of rotatable bonds is 24. The highest BCUT2D eigenvalue weighted by Crippen LogP contribution is 2.34. The van der Waals surface area contributed by atoms with Crippen molar-refractivity contribution in [2.75, 3.05) is 13.7 Å². The fourth-order valence-corrected chi connectivity index (χ4v) is 6.06. The third-order valence-electron chi connectivity index (χ3n) is 10.7. The van der Waals surface area contributed by atoms with Gasteiger partial charge in [-0.1, -0.05) is 65.1 Å². The maximum absolute atomic E-state index is 13.4. The molecule has 68 heavy (non-hydrogen) atoms. The Morgan fingerprint density at radius 2 is 1.16 bits per heavy atom. The molecule has 5 N–H and O–H groups in total. The van der Waals surface area contributed by atoms with Crippen LogP contribution in [0.25, 0.3) is 0 Å². The van der Waals surface area contributed by atoms with E-state index in [4.69, 9.17) is 29.4 Å². The van der Waals surface area contributed by atoms with Gasteiger partial charge in [-0.15, -0.1) is 0 Å². The fourth-order valence-electron chi connectivity index (χ4n) is 6.06. The Hall–Kier alpha value is -6.56. The Morgan fingerprint density at radius 1 is 0.676 bits per heavy atom. The lowest BCUT2D eigenvalue weighted by Gasteiger charge is -2.42. The molecular formula is C50H70N4O14. The highest BCUT2D eigenvalue weighted by molar-refractivity contribution is 5.94. The van der Waals surface area contributed by atoms with E-state index in [0.29, 0.717) is 17.5 Å². The number of methoxy groups -OCH3 is 1. The largest absolute Gasteiger partial charge is 0.466 e. The number of hydrogen-bond acceptors (Lipinski definition) is 15. The molecule has 3 unspecified atom stereocenters. The smallest absolute Gasteiger partial charge is 0.408 e. The summed E-state index contributed by atoms with van der Waals surface area (Å²) in [6, 6.07) is 9.55. The topological polar surface area (TPSA) is 254 Å². The van der Waals surface area contributed by atoms with Crippen molar-refractivity contribution in [3.63, 3.8) is 0 Å². The van der Waals surface area contributed by atoms with E-state index in [9.17, 15) is 38.4 Å². The van der Waals surface area contributed by atoms with Gasteiger partial charge in [0.1, 0.15) is 29.2 Å². The number of benzene rings is 2. The molecule has 0 aromatic heterocycles. The number of carbonyl (C=O) groups excluding carboxylic acids is 8. The van der Waals surface area contributed by atoms with Crippen molar-refractivity contribution in [2.45, 2.75) is 144 Å². The lowest BCUT2D eigenvalue weighted by Crippen LogP contribution is -2.58. The minimum absolute atomic E-state index is 0.0122. The van der Waals surface area contributed by atoms with Gasteiger partial charge in [-0.3, -0.25) is 19.2 Å². The fraction of sp³-hybridized carbons (Fsp3) is 0.520. The van der Waals surface area contributed by atoms with Crippen molar-refractivity contribution in [3.8, 4) is 11.5 Å². The molecule has 2 aromatic carbocycles. The lowest BCUT2D eigenvalue weighted by atomic mass is 9.72. The second kappa shape index (κ2) is 25.5. The first-order chi connectivity index (χ1) is 31.4. The average Bonchev–Trinajstić information content (AvgIpc) is 3.22. The van der Waals surface area contributed by atoms with Crippen LogP contribution in [0.4, 0.5) is 4.79 Å². The van der Waals surface area contributed by atoms with E-state index in [0.717, 1.165) is 0 Å². The van der Waals surface area contributed by atoms with E-state index in [1.165, 1.54) is 19.2 Å². The van der Waals surface area contributed by atoms with Crippen LogP contribution in [-0.4, -0.2) is 96.8 Å². The third-order valence-corrected chi connectivity index (χ3v) is 10.7. The first-order valence-corrected chi connectivity index (χ1v) is 22.2. The van der Waals surface area contributed by atoms with Gasteiger partial charge in [0, 0.05) is 23.1 Å². The van der Waals surface area contributed by atoms with Gasteiger partial charge in [-0.2, -0.15) is 0 Å². The van der Waals surface area contributed by atoms with Crippen molar-refractivity contribution in [1.29, 1.82) is 0 Å². The van der Waals surface area contributed by atoms with E-state index >= 15 is 0 Å². The third kappa shape index (κ3) is 19.7. The first-order valence-electron chi connectivity index (χ1n) is 22.2. The number of amides is 3. The van der Waals surface area contributed by atoms with Crippen molar-refractivity contribution >= 4 is 47.8 Å². The van der Waals surface area contributed by atoms with Crippen LogP contribution in [0.2, 0.25) is 0 Å². The molecule has 0 spiro atoms. The zero-order chi connectivity index (χ0) is 51.7. The van der Waals surface area contributed by atoms with E-state index < -0.39 is 95.0 Å². The van der Waals surface area contributed by atoms with E-state index in [-0.39, 0.29) is 54.4 Å². The normalized spacial score (nSPS) is 12.9. The van der Waals surface area contributed by atoms with Gasteiger partial charge in [0.05, 0.1) is 38.7 Å². The number of nitrogens with one attached hydrogen (secondary N) is 3. The molecule has 2 aromatic rings. The molecule has 2 rings (SSSR count). The van der Waals surface area contributed by atoms with Gasteiger partial charge in [-0.25, -0.2) is 19.2 Å². The highest BCUT2D eigenvalue weighted by Gasteiger charge is 2.39. The second-order valence-electron chi connectivity index (χ2n) is 19.1. The zero-order valence-electron chi connectivity index (χ0n) is 41.5. The number of alkyl carbamates (subject to hydrolysis) is 1.